The fourth-order valence-corrected chi connectivity index (χ4v) is 2.31. The average Bonchev–Trinajstić information content (AvgIpc) is 2.85. The third-order valence-corrected chi connectivity index (χ3v) is 3.59. The standard InChI is InChI=1S/C13H22N6O.HI/c1-11(20)18-6-8-19(9-7-18)13(14-2)15-10-12-4-5-16-17(12)3;/h4-5H,6-10H2,1-3H3,(H,14,15);1H. The number of aryl methyl sites for hydroxylation is 1. The van der Waals surface area contributed by atoms with Gasteiger partial charge in [0.15, 0.2) is 5.96 Å². The van der Waals surface area contributed by atoms with Gasteiger partial charge in [-0.1, -0.05) is 0 Å². The summed E-state index contributed by atoms with van der Waals surface area (Å²) < 4.78 is 1.84. The Morgan fingerprint density at radius 2 is 1.95 bits per heavy atom. The third kappa shape index (κ3) is 4.58. The van der Waals surface area contributed by atoms with Crippen LogP contribution >= 0.6 is 24.0 Å². The van der Waals surface area contributed by atoms with Gasteiger partial charge in [-0.05, 0) is 6.07 Å². The van der Waals surface area contributed by atoms with Crippen molar-refractivity contribution >= 4 is 35.8 Å². The van der Waals surface area contributed by atoms with E-state index in [0.717, 1.165) is 37.8 Å². The molecule has 2 heterocycles. The van der Waals surface area contributed by atoms with Gasteiger partial charge >= 0.3 is 0 Å². The van der Waals surface area contributed by atoms with E-state index < -0.39 is 0 Å². The Labute approximate surface area is 142 Å². The second-order valence-corrected chi connectivity index (χ2v) is 4.84. The van der Waals surface area contributed by atoms with Crippen LogP contribution in [0.3, 0.4) is 0 Å². The number of carbonyl (C=O) groups excluding carboxylic acids is 1. The van der Waals surface area contributed by atoms with Crippen molar-refractivity contribution in [2.24, 2.45) is 12.0 Å². The van der Waals surface area contributed by atoms with Crippen molar-refractivity contribution in [2.45, 2.75) is 13.5 Å². The number of amides is 1. The summed E-state index contributed by atoms with van der Waals surface area (Å²) in [5.74, 6) is 1.01. The van der Waals surface area contributed by atoms with E-state index >= 15 is 0 Å². The molecule has 0 atom stereocenters. The zero-order chi connectivity index (χ0) is 14.5. The van der Waals surface area contributed by atoms with Crippen molar-refractivity contribution < 1.29 is 4.79 Å². The van der Waals surface area contributed by atoms with Crippen LogP contribution in [0.2, 0.25) is 0 Å². The van der Waals surface area contributed by atoms with E-state index in [1.807, 2.05) is 22.7 Å². The predicted octanol–water partition coefficient (Wildman–Crippen LogP) is 0.278. The van der Waals surface area contributed by atoms with E-state index in [0.29, 0.717) is 6.54 Å². The lowest BCUT2D eigenvalue weighted by Crippen LogP contribution is -2.53. The van der Waals surface area contributed by atoms with E-state index in [4.69, 9.17) is 0 Å². The predicted molar refractivity (Wildman–Crippen MR) is 92.6 cm³/mol. The van der Waals surface area contributed by atoms with Crippen LogP contribution in [0.15, 0.2) is 17.3 Å². The van der Waals surface area contributed by atoms with Gasteiger partial charge in [-0.25, -0.2) is 0 Å². The highest BCUT2D eigenvalue weighted by Gasteiger charge is 2.20. The van der Waals surface area contributed by atoms with Gasteiger partial charge in [0.1, 0.15) is 0 Å². The lowest BCUT2D eigenvalue weighted by atomic mass is 10.3. The molecule has 1 aromatic heterocycles. The van der Waals surface area contributed by atoms with Crippen LogP contribution in [0.25, 0.3) is 0 Å². The maximum Gasteiger partial charge on any atom is 0.219 e. The normalized spacial score (nSPS) is 15.7. The van der Waals surface area contributed by atoms with Crippen molar-refractivity contribution in [1.82, 2.24) is 24.9 Å². The minimum absolute atomic E-state index is 0. The van der Waals surface area contributed by atoms with Gasteiger partial charge in [0.2, 0.25) is 5.91 Å². The summed E-state index contributed by atoms with van der Waals surface area (Å²) in [6.07, 6.45) is 1.78. The van der Waals surface area contributed by atoms with Gasteiger partial charge < -0.3 is 15.1 Å². The Bertz CT molecular complexity index is 493. The number of guanidine groups is 1. The molecule has 7 nitrogen and oxygen atoms in total. The van der Waals surface area contributed by atoms with Crippen LogP contribution < -0.4 is 5.32 Å². The van der Waals surface area contributed by atoms with Gasteiger partial charge in [0.05, 0.1) is 12.2 Å². The molecule has 1 aromatic rings. The third-order valence-electron chi connectivity index (χ3n) is 3.59. The van der Waals surface area contributed by atoms with Gasteiger partial charge in [-0.3, -0.25) is 14.5 Å². The number of hydrogen-bond acceptors (Lipinski definition) is 3. The van der Waals surface area contributed by atoms with E-state index in [1.165, 1.54) is 0 Å². The molecule has 0 aliphatic carbocycles. The molecule has 1 saturated heterocycles. The highest BCUT2D eigenvalue weighted by molar-refractivity contribution is 14.0. The summed E-state index contributed by atoms with van der Waals surface area (Å²) in [6, 6.07) is 1.98. The summed E-state index contributed by atoms with van der Waals surface area (Å²) in [7, 11) is 3.70. The number of aliphatic imine (C=N–C) groups is 1. The molecule has 1 aliphatic heterocycles. The smallest absolute Gasteiger partial charge is 0.219 e. The number of piperazine rings is 1. The van der Waals surface area contributed by atoms with Crippen molar-refractivity contribution in [3.05, 3.63) is 18.0 Å². The second-order valence-electron chi connectivity index (χ2n) is 4.84. The fourth-order valence-electron chi connectivity index (χ4n) is 2.31. The molecule has 0 aromatic carbocycles. The maximum absolute atomic E-state index is 11.3. The minimum atomic E-state index is 0. The molecule has 0 saturated carbocycles. The van der Waals surface area contributed by atoms with Crippen molar-refractivity contribution in [1.29, 1.82) is 0 Å². The van der Waals surface area contributed by atoms with Crippen LogP contribution in [0.1, 0.15) is 12.6 Å². The summed E-state index contributed by atoms with van der Waals surface area (Å²) >= 11 is 0. The fraction of sp³-hybridized carbons (Fsp3) is 0.615. The molecule has 0 unspecified atom stereocenters. The van der Waals surface area contributed by atoms with Crippen molar-refractivity contribution in [3.63, 3.8) is 0 Å². The van der Waals surface area contributed by atoms with Crippen LogP contribution in [-0.4, -0.2) is 64.7 Å². The average molecular weight is 406 g/mol. The van der Waals surface area contributed by atoms with Crippen LogP contribution in [0.4, 0.5) is 0 Å². The first-order chi connectivity index (χ1) is 9.61. The van der Waals surface area contributed by atoms with E-state index in [1.54, 1.807) is 20.2 Å². The monoisotopic (exact) mass is 406 g/mol. The van der Waals surface area contributed by atoms with Crippen LogP contribution in [0.5, 0.6) is 0 Å². The number of rotatable bonds is 2. The Morgan fingerprint density at radius 1 is 1.33 bits per heavy atom. The maximum atomic E-state index is 11.3. The molecular weight excluding hydrogens is 383 g/mol. The molecule has 1 N–H and O–H groups in total. The number of nitrogens with one attached hydrogen (secondary N) is 1. The molecule has 0 spiro atoms. The molecule has 0 radical (unpaired) electrons. The molecule has 118 valence electrons. The van der Waals surface area contributed by atoms with Crippen LogP contribution in [0, 0.1) is 0 Å². The number of hydrogen-bond donors (Lipinski definition) is 1. The van der Waals surface area contributed by atoms with Crippen LogP contribution in [-0.2, 0) is 18.4 Å². The van der Waals surface area contributed by atoms with Gasteiger partial charge in [0.25, 0.3) is 0 Å². The summed E-state index contributed by atoms with van der Waals surface area (Å²) in [5.41, 5.74) is 1.11. The first-order valence-electron chi connectivity index (χ1n) is 6.80. The lowest BCUT2D eigenvalue weighted by Gasteiger charge is -2.36. The van der Waals surface area contributed by atoms with E-state index in [-0.39, 0.29) is 29.9 Å². The Hall–Kier alpha value is -1.32. The molecule has 1 aliphatic rings. The van der Waals surface area contributed by atoms with E-state index in [2.05, 4.69) is 20.3 Å². The molecular formula is C13H23IN6O. The summed E-state index contributed by atoms with van der Waals surface area (Å²) in [4.78, 5) is 19.7. The van der Waals surface area contributed by atoms with E-state index in [9.17, 15) is 4.79 Å². The molecule has 1 amide bonds. The molecule has 8 heteroatoms. The number of halogens is 1. The van der Waals surface area contributed by atoms with Gasteiger partial charge in [-0.2, -0.15) is 5.10 Å². The van der Waals surface area contributed by atoms with Crippen molar-refractivity contribution in [2.75, 3.05) is 33.2 Å². The largest absolute Gasteiger partial charge is 0.351 e. The Kier molecular flexibility index (Phi) is 6.93. The topological polar surface area (TPSA) is 65.8 Å². The molecule has 0 bridgehead atoms. The molecule has 21 heavy (non-hydrogen) atoms. The highest BCUT2D eigenvalue weighted by Crippen LogP contribution is 2.03. The molecule has 2 rings (SSSR count). The number of aromatic nitrogens is 2. The zero-order valence-electron chi connectivity index (χ0n) is 12.7. The lowest BCUT2D eigenvalue weighted by molar-refractivity contribution is -0.130. The SMILES string of the molecule is CN=C(NCc1ccnn1C)N1CCN(C(C)=O)CC1.I. The number of carbonyl (C=O) groups is 1. The van der Waals surface area contributed by atoms with Crippen molar-refractivity contribution in [3.8, 4) is 0 Å². The second kappa shape index (κ2) is 8.20. The van der Waals surface area contributed by atoms with Gasteiger partial charge in [0, 0.05) is 53.4 Å². The Morgan fingerprint density at radius 3 is 2.43 bits per heavy atom. The minimum Gasteiger partial charge on any atom is -0.351 e. The Balaban J connectivity index is 0.00000220. The molecule has 1 fully saturated rings. The summed E-state index contributed by atoms with van der Waals surface area (Å²) in [5, 5.41) is 7.48. The highest BCUT2D eigenvalue weighted by atomic mass is 127. The van der Waals surface area contributed by atoms with Gasteiger partial charge in [-0.15, -0.1) is 24.0 Å². The first kappa shape index (κ1) is 17.7. The quantitative estimate of drug-likeness (QED) is 0.436. The summed E-state index contributed by atoms with van der Waals surface area (Å²) in [6.45, 7) is 5.43. The first-order valence-corrected chi connectivity index (χ1v) is 6.80. The number of nitrogens with zero attached hydrogens (tertiary/aromatic N) is 5. The zero-order valence-corrected chi connectivity index (χ0v) is 15.1.